The number of nitrogens with one attached hydrogen (secondary N) is 2. The van der Waals surface area contributed by atoms with Gasteiger partial charge in [0, 0.05) is 0 Å². The topological polar surface area (TPSA) is 74.2 Å². The van der Waals surface area contributed by atoms with Crippen LogP contribution in [-0.2, 0) is 6.18 Å². The Balaban J connectivity index is 2.67. The van der Waals surface area contributed by atoms with E-state index in [4.69, 9.17) is 0 Å². The number of amides is 2. The van der Waals surface area contributed by atoms with Gasteiger partial charge in [0.2, 0.25) is 0 Å². The number of halogens is 3. The van der Waals surface area contributed by atoms with Crippen LogP contribution < -0.4 is 10.6 Å². The average Bonchev–Trinajstić information content (AvgIpc) is 2.34. The molecule has 0 aliphatic carbocycles. The van der Waals surface area contributed by atoms with E-state index in [-0.39, 0.29) is 17.7 Å². The molecule has 5 nitrogen and oxygen atoms in total. The summed E-state index contributed by atoms with van der Waals surface area (Å²) in [5, 5.41) is 14.1. The van der Waals surface area contributed by atoms with Gasteiger partial charge in [0.05, 0.1) is 24.5 Å². The molecular weight excluding hydrogens is 287 g/mol. The molecule has 0 bridgehead atoms. The molecule has 0 unspecified atom stereocenters. The maximum atomic E-state index is 12.3. The van der Waals surface area contributed by atoms with Crippen molar-refractivity contribution in [1.29, 1.82) is 0 Å². The number of anilines is 1. The second-order valence-corrected chi connectivity index (χ2v) is 5.63. The van der Waals surface area contributed by atoms with Crippen molar-refractivity contribution in [3.8, 4) is 0 Å². The number of aliphatic hydroxyl groups is 1. The van der Waals surface area contributed by atoms with Crippen LogP contribution in [0, 0.1) is 5.41 Å². The molecular formula is C13H18F3N3O2. The molecule has 2 amide bonds. The van der Waals surface area contributed by atoms with E-state index in [9.17, 15) is 23.1 Å². The number of pyridine rings is 1. The van der Waals surface area contributed by atoms with E-state index in [0.717, 1.165) is 18.3 Å². The monoisotopic (exact) mass is 305 g/mol. The van der Waals surface area contributed by atoms with E-state index in [1.54, 1.807) is 0 Å². The predicted octanol–water partition coefficient (Wildman–Crippen LogP) is 2.63. The highest BCUT2D eigenvalue weighted by atomic mass is 19.4. The Hall–Kier alpha value is -1.83. The van der Waals surface area contributed by atoms with Crippen molar-refractivity contribution in [2.75, 3.05) is 11.9 Å². The van der Waals surface area contributed by atoms with E-state index >= 15 is 0 Å². The second kappa shape index (κ2) is 6.30. The maximum absolute atomic E-state index is 12.3. The van der Waals surface area contributed by atoms with Crippen molar-refractivity contribution >= 4 is 11.7 Å². The zero-order valence-corrected chi connectivity index (χ0v) is 12.0. The molecule has 118 valence electrons. The maximum Gasteiger partial charge on any atom is 0.433 e. The largest absolute Gasteiger partial charge is 0.433 e. The Morgan fingerprint density at radius 3 is 2.33 bits per heavy atom. The summed E-state index contributed by atoms with van der Waals surface area (Å²) >= 11 is 0. The molecule has 0 saturated heterocycles. The third-order valence-corrected chi connectivity index (χ3v) is 2.85. The van der Waals surface area contributed by atoms with Crippen LogP contribution in [0.25, 0.3) is 0 Å². The molecule has 1 heterocycles. The van der Waals surface area contributed by atoms with Crippen LogP contribution in [0.2, 0.25) is 0 Å². The third-order valence-electron chi connectivity index (χ3n) is 2.85. The molecule has 0 aliphatic rings. The van der Waals surface area contributed by atoms with Gasteiger partial charge in [0.1, 0.15) is 5.69 Å². The van der Waals surface area contributed by atoms with Crippen LogP contribution in [0.1, 0.15) is 26.5 Å². The Bertz CT molecular complexity index is 481. The minimum atomic E-state index is -4.52. The number of aromatic nitrogens is 1. The number of alkyl halides is 3. The SMILES string of the molecule is CC(C)(C)[C@@H](CO)NC(=O)Nc1ccc(C(F)(F)F)nc1. The van der Waals surface area contributed by atoms with Crippen LogP contribution in [0.5, 0.6) is 0 Å². The van der Waals surface area contributed by atoms with Gasteiger partial charge in [0.15, 0.2) is 0 Å². The highest BCUT2D eigenvalue weighted by Gasteiger charge is 2.32. The molecule has 1 rings (SSSR count). The molecule has 1 atom stereocenters. The molecule has 1 aromatic rings. The van der Waals surface area contributed by atoms with Crippen molar-refractivity contribution < 1.29 is 23.1 Å². The fourth-order valence-corrected chi connectivity index (χ4v) is 1.50. The first kappa shape index (κ1) is 17.2. The smallest absolute Gasteiger partial charge is 0.394 e. The Morgan fingerprint density at radius 1 is 1.33 bits per heavy atom. The summed E-state index contributed by atoms with van der Waals surface area (Å²) in [6.45, 7) is 5.28. The zero-order chi connectivity index (χ0) is 16.3. The van der Waals surface area contributed by atoms with Gasteiger partial charge in [-0.1, -0.05) is 20.8 Å². The van der Waals surface area contributed by atoms with Gasteiger partial charge >= 0.3 is 12.2 Å². The summed E-state index contributed by atoms with van der Waals surface area (Å²) < 4.78 is 37.0. The number of aliphatic hydroxyl groups excluding tert-OH is 1. The van der Waals surface area contributed by atoms with Gasteiger partial charge in [-0.05, 0) is 17.5 Å². The van der Waals surface area contributed by atoms with Crippen molar-refractivity contribution in [1.82, 2.24) is 10.3 Å². The van der Waals surface area contributed by atoms with Gasteiger partial charge in [-0.25, -0.2) is 9.78 Å². The summed E-state index contributed by atoms with van der Waals surface area (Å²) in [5.41, 5.74) is -1.26. The molecule has 0 radical (unpaired) electrons. The Labute approximate surface area is 120 Å². The quantitative estimate of drug-likeness (QED) is 0.803. The number of urea groups is 1. The first-order chi connectivity index (χ1) is 9.54. The molecule has 21 heavy (non-hydrogen) atoms. The number of nitrogens with zero attached hydrogens (tertiary/aromatic N) is 1. The first-order valence-corrected chi connectivity index (χ1v) is 6.25. The summed E-state index contributed by atoms with van der Waals surface area (Å²) in [4.78, 5) is 15.0. The summed E-state index contributed by atoms with van der Waals surface area (Å²) in [6.07, 6.45) is -3.59. The lowest BCUT2D eigenvalue weighted by atomic mass is 9.87. The molecule has 0 spiro atoms. The van der Waals surface area contributed by atoms with Gasteiger partial charge in [-0.15, -0.1) is 0 Å². The van der Waals surface area contributed by atoms with Gasteiger partial charge in [-0.3, -0.25) is 0 Å². The fraction of sp³-hybridized carbons (Fsp3) is 0.538. The Morgan fingerprint density at radius 2 is 1.95 bits per heavy atom. The lowest BCUT2D eigenvalue weighted by molar-refractivity contribution is -0.141. The van der Waals surface area contributed by atoms with Crippen molar-refractivity contribution in [2.45, 2.75) is 33.0 Å². The fourth-order valence-electron chi connectivity index (χ4n) is 1.50. The van der Waals surface area contributed by atoms with E-state index in [1.165, 1.54) is 0 Å². The van der Waals surface area contributed by atoms with E-state index in [1.807, 2.05) is 20.8 Å². The van der Waals surface area contributed by atoms with E-state index in [0.29, 0.717) is 0 Å². The highest BCUT2D eigenvalue weighted by molar-refractivity contribution is 5.89. The normalized spacial score (nSPS) is 13.7. The first-order valence-electron chi connectivity index (χ1n) is 6.25. The van der Waals surface area contributed by atoms with Crippen LogP contribution in [0.15, 0.2) is 18.3 Å². The minimum Gasteiger partial charge on any atom is -0.394 e. The average molecular weight is 305 g/mol. The molecule has 1 aromatic heterocycles. The minimum absolute atomic E-state index is 0.131. The number of hydrogen-bond donors (Lipinski definition) is 3. The number of hydrogen-bond acceptors (Lipinski definition) is 3. The lowest BCUT2D eigenvalue weighted by Crippen LogP contribution is -2.47. The van der Waals surface area contributed by atoms with Crippen LogP contribution in [-0.4, -0.2) is 28.8 Å². The standard InChI is InChI=1S/C13H18F3N3O2/c1-12(2,3)10(7-20)19-11(21)18-8-4-5-9(17-6-8)13(14,15)16/h4-6,10,20H,7H2,1-3H3,(H2,18,19,21)/t10-/m1/s1. The highest BCUT2D eigenvalue weighted by Crippen LogP contribution is 2.27. The Kier molecular flexibility index (Phi) is 5.16. The molecule has 8 heteroatoms. The molecule has 0 aromatic carbocycles. The van der Waals surface area contributed by atoms with Crippen molar-refractivity contribution in [3.63, 3.8) is 0 Å². The number of rotatable bonds is 3. The van der Waals surface area contributed by atoms with Crippen molar-refractivity contribution in [2.24, 2.45) is 5.41 Å². The third kappa shape index (κ3) is 5.22. The van der Waals surface area contributed by atoms with Crippen LogP contribution in [0.3, 0.4) is 0 Å². The van der Waals surface area contributed by atoms with Gasteiger partial charge in [0.25, 0.3) is 0 Å². The summed E-state index contributed by atoms with van der Waals surface area (Å²) in [7, 11) is 0. The van der Waals surface area contributed by atoms with Crippen molar-refractivity contribution in [3.05, 3.63) is 24.0 Å². The summed E-state index contributed by atoms with van der Waals surface area (Å²) in [6, 6.07) is 0.786. The van der Waals surface area contributed by atoms with E-state index in [2.05, 4.69) is 15.6 Å². The second-order valence-electron chi connectivity index (χ2n) is 5.63. The summed E-state index contributed by atoms with van der Waals surface area (Å²) in [5.74, 6) is 0. The molecule has 0 aliphatic heterocycles. The molecule has 0 saturated carbocycles. The van der Waals surface area contributed by atoms with Crippen LogP contribution in [0.4, 0.5) is 23.7 Å². The van der Waals surface area contributed by atoms with Gasteiger partial charge < -0.3 is 15.7 Å². The predicted molar refractivity (Wildman–Crippen MR) is 71.7 cm³/mol. The molecule has 0 fully saturated rings. The van der Waals surface area contributed by atoms with E-state index < -0.39 is 23.9 Å². The lowest BCUT2D eigenvalue weighted by Gasteiger charge is -2.29. The van der Waals surface area contributed by atoms with Gasteiger partial charge in [-0.2, -0.15) is 13.2 Å². The number of carbonyl (C=O) groups excluding carboxylic acids is 1. The zero-order valence-electron chi connectivity index (χ0n) is 12.0. The number of carbonyl (C=O) groups is 1. The van der Waals surface area contributed by atoms with Crippen LogP contribution >= 0.6 is 0 Å². The molecule has 3 N–H and O–H groups in total.